The summed E-state index contributed by atoms with van der Waals surface area (Å²) in [6, 6.07) is 14.5. The summed E-state index contributed by atoms with van der Waals surface area (Å²) in [5.41, 5.74) is 3.92. The summed E-state index contributed by atoms with van der Waals surface area (Å²) in [7, 11) is 0. The van der Waals surface area contributed by atoms with Crippen molar-refractivity contribution in [3.63, 3.8) is 0 Å². The van der Waals surface area contributed by atoms with Gasteiger partial charge in [-0.15, -0.1) is 11.8 Å². The second kappa shape index (κ2) is 7.64. The van der Waals surface area contributed by atoms with Gasteiger partial charge in [-0.25, -0.2) is 4.39 Å². The lowest BCUT2D eigenvalue weighted by Gasteiger charge is -2.15. The van der Waals surface area contributed by atoms with Crippen LogP contribution in [0.1, 0.15) is 5.56 Å². The molecule has 0 aliphatic heterocycles. The molecule has 0 spiro atoms. The van der Waals surface area contributed by atoms with E-state index in [0.717, 1.165) is 12.0 Å². The largest absolute Gasteiger partial charge is 0.271 e. The zero-order valence-electron chi connectivity index (χ0n) is 10.9. The van der Waals surface area contributed by atoms with Gasteiger partial charge in [0.2, 0.25) is 0 Å². The van der Waals surface area contributed by atoms with Crippen molar-refractivity contribution in [2.45, 2.75) is 17.4 Å². The average Bonchev–Trinajstić information content (AvgIpc) is 2.47. The van der Waals surface area contributed by atoms with E-state index in [2.05, 4.69) is 5.43 Å². The molecule has 3 N–H and O–H groups in total. The summed E-state index contributed by atoms with van der Waals surface area (Å²) in [4.78, 5) is 0.642. The van der Waals surface area contributed by atoms with E-state index in [1.54, 1.807) is 12.1 Å². The van der Waals surface area contributed by atoms with Gasteiger partial charge in [-0.1, -0.05) is 35.9 Å². The van der Waals surface area contributed by atoms with E-state index >= 15 is 0 Å². The van der Waals surface area contributed by atoms with Crippen LogP contribution in [0.25, 0.3) is 0 Å². The SMILES string of the molecule is NNC(CSc1ccccc1F)Cc1ccc(Cl)cc1. The summed E-state index contributed by atoms with van der Waals surface area (Å²) < 4.78 is 13.5. The Bertz CT molecular complexity index is 548. The maximum atomic E-state index is 13.5. The highest BCUT2D eigenvalue weighted by Gasteiger charge is 2.10. The standard InChI is InChI=1S/C15H16ClFN2S/c16-12-7-5-11(6-8-12)9-13(19-18)10-20-15-4-2-1-3-14(15)17/h1-8,13,19H,9-10,18H2. The van der Waals surface area contributed by atoms with Crippen molar-refractivity contribution < 1.29 is 4.39 Å². The fourth-order valence-electron chi connectivity index (χ4n) is 1.82. The van der Waals surface area contributed by atoms with Gasteiger partial charge in [-0.3, -0.25) is 11.3 Å². The number of nitrogens with one attached hydrogen (secondary N) is 1. The van der Waals surface area contributed by atoms with E-state index in [4.69, 9.17) is 17.4 Å². The smallest absolute Gasteiger partial charge is 0.136 e. The Hall–Kier alpha value is -1.07. The molecule has 1 atom stereocenters. The highest BCUT2D eigenvalue weighted by atomic mass is 35.5. The predicted molar refractivity (Wildman–Crippen MR) is 83.4 cm³/mol. The predicted octanol–water partition coefficient (Wildman–Crippen LogP) is 3.65. The lowest BCUT2D eigenvalue weighted by molar-refractivity contribution is 0.573. The number of hydrogen-bond donors (Lipinski definition) is 2. The molecule has 0 amide bonds. The Labute approximate surface area is 127 Å². The molecule has 20 heavy (non-hydrogen) atoms. The second-order valence-electron chi connectivity index (χ2n) is 4.44. The minimum absolute atomic E-state index is 0.0702. The summed E-state index contributed by atoms with van der Waals surface area (Å²) >= 11 is 7.31. The lowest BCUT2D eigenvalue weighted by Crippen LogP contribution is -2.38. The molecule has 0 aliphatic rings. The zero-order chi connectivity index (χ0) is 14.4. The molecule has 2 nitrogen and oxygen atoms in total. The van der Waals surface area contributed by atoms with E-state index in [1.807, 2.05) is 30.3 Å². The van der Waals surface area contributed by atoms with Crippen LogP contribution in [0.3, 0.4) is 0 Å². The van der Waals surface area contributed by atoms with E-state index < -0.39 is 0 Å². The summed E-state index contributed by atoms with van der Waals surface area (Å²) in [6.07, 6.45) is 0.773. The second-order valence-corrected chi connectivity index (χ2v) is 5.93. The first-order valence-electron chi connectivity index (χ1n) is 6.27. The van der Waals surface area contributed by atoms with Gasteiger partial charge in [0.1, 0.15) is 5.82 Å². The van der Waals surface area contributed by atoms with Crippen molar-refractivity contribution in [3.8, 4) is 0 Å². The van der Waals surface area contributed by atoms with E-state index in [0.29, 0.717) is 15.7 Å². The van der Waals surface area contributed by atoms with Crippen LogP contribution in [0.4, 0.5) is 4.39 Å². The van der Waals surface area contributed by atoms with Crippen LogP contribution in [0.2, 0.25) is 5.02 Å². The molecule has 2 aromatic carbocycles. The molecule has 0 heterocycles. The number of thioether (sulfide) groups is 1. The molecular formula is C15H16ClFN2S. The lowest BCUT2D eigenvalue weighted by atomic mass is 10.1. The summed E-state index contributed by atoms with van der Waals surface area (Å²) in [5, 5.41) is 0.715. The van der Waals surface area contributed by atoms with Crippen LogP contribution < -0.4 is 11.3 Å². The van der Waals surface area contributed by atoms with Crippen molar-refractivity contribution in [1.29, 1.82) is 0 Å². The third-order valence-corrected chi connectivity index (χ3v) is 4.37. The molecular weight excluding hydrogens is 295 g/mol. The molecule has 0 radical (unpaired) electrons. The highest BCUT2D eigenvalue weighted by Crippen LogP contribution is 2.22. The third kappa shape index (κ3) is 4.49. The maximum absolute atomic E-state index is 13.5. The van der Waals surface area contributed by atoms with Gasteiger partial charge in [0.05, 0.1) is 0 Å². The Morgan fingerprint density at radius 1 is 1.15 bits per heavy atom. The van der Waals surface area contributed by atoms with Gasteiger partial charge >= 0.3 is 0 Å². The molecule has 0 saturated heterocycles. The normalized spacial score (nSPS) is 12.3. The van der Waals surface area contributed by atoms with Gasteiger partial charge < -0.3 is 0 Å². The topological polar surface area (TPSA) is 38.0 Å². The van der Waals surface area contributed by atoms with E-state index in [1.165, 1.54) is 17.8 Å². The van der Waals surface area contributed by atoms with E-state index in [9.17, 15) is 4.39 Å². The van der Waals surface area contributed by atoms with Crippen LogP contribution >= 0.6 is 23.4 Å². The Morgan fingerprint density at radius 2 is 1.85 bits per heavy atom. The summed E-state index contributed by atoms with van der Waals surface area (Å²) in [5.74, 6) is 6.07. The minimum Gasteiger partial charge on any atom is -0.271 e. The molecule has 2 aromatic rings. The van der Waals surface area contributed by atoms with E-state index in [-0.39, 0.29) is 11.9 Å². The fraction of sp³-hybridized carbons (Fsp3) is 0.200. The molecule has 0 saturated carbocycles. The number of benzene rings is 2. The number of halogens is 2. The Morgan fingerprint density at radius 3 is 2.50 bits per heavy atom. The van der Waals surface area contributed by atoms with Crippen LogP contribution in [-0.2, 0) is 6.42 Å². The molecule has 0 aliphatic carbocycles. The van der Waals surface area contributed by atoms with Crippen LogP contribution in [0.15, 0.2) is 53.4 Å². The maximum Gasteiger partial charge on any atom is 0.136 e. The molecule has 1 unspecified atom stereocenters. The molecule has 5 heteroatoms. The number of nitrogens with two attached hydrogens (primary N) is 1. The first-order valence-corrected chi connectivity index (χ1v) is 7.63. The van der Waals surface area contributed by atoms with Crippen molar-refractivity contribution in [1.82, 2.24) is 5.43 Å². The Kier molecular flexibility index (Phi) is 5.86. The number of rotatable bonds is 6. The van der Waals surface area contributed by atoms with Crippen LogP contribution in [0.5, 0.6) is 0 Å². The van der Waals surface area contributed by atoms with Gasteiger partial charge in [0.25, 0.3) is 0 Å². The van der Waals surface area contributed by atoms with Crippen molar-refractivity contribution in [2.24, 2.45) is 5.84 Å². The number of hydrazine groups is 1. The van der Waals surface area contributed by atoms with Crippen LogP contribution in [0, 0.1) is 5.82 Å². The van der Waals surface area contributed by atoms with Gasteiger partial charge in [0, 0.05) is 21.7 Å². The van der Waals surface area contributed by atoms with Crippen molar-refractivity contribution in [3.05, 3.63) is 64.9 Å². The first kappa shape index (κ1) is 15.3. The molecule has 0 bridgehead atoms. The quantitative estimate of drug-likeness (QED) is 0.486. The zero-order valence-corrected chi connectivity index (χ0v) is 12.4. The van der Waals surface area contributed by atoms with Gasteiger partial charge in [-0.2, -0.15) is 0 Å². The fourth-order valence-corrected chi connectivity index (χ4v) is 2.92. The Balaban J connectivity index is 1.92. The van der Waals surface area contributed by atoms with Crippen molar-refractivity contribution in [2.75, 3.05) is 5.75 Å². The monoisotopic (exact) mass is 310 g/mol. The van der Waals surface area contributed by atoms with Crippen molar-refractivity contribution >= 4 is 23.4 Å². The molecule has 106 valence electrons. The average molecular weight is 311 g/mol. The molecule has 0 aromatic heterocycles. The van der Waals surface area contributed by atoms with Crippen LogP contribution in [-0.4, -0.2) is 11.8 Å². The third-order valence-electron chi connectivity index (χ3n) is 2.91. The first-order chi connectivity index (χ1) is 9.69. The van der Waals surface area contributed by atoms with Gasteiger partial charge in [-0.05, 0) is 36.2 Å². The van der Waals surface area contributed by atoms with Gasteiger partial charge in [0.15, 0.2) is 0 Å². The minimum atomic E-state index is -0.195. The number of hydrogen-bond acceptors (Lipinski definition) is 3. The summed E-state index contributed by atoms with van der Waals surface area (Å²) in [6.45, 7) is 0. The molecule has 0 fully saturated rings. The molecule has 2 rings (SSSR count). The highest BCUT2D eigenvalue weighted by molar-refractivity contribution is 7.99.